The van der Waals surface area contributed by atoms with E-state index in [9.17, 15) is 4.79 Å². The van der Waals surface area contributed by atoms with Crippen LogP contribution in [0.15, 0.2) is 48.5 Å². The van der Waals surface area contributed by atoms with Gasteiger partial charge in [0.05, 0.1) is 43.8 Å². The van der Waals surface area contributed by atoms with Crippen molar-refractivity contribution in [1.29, 1.82) is 0 Å². The number of nitrogens with one attached hydrogen (secondary N) is 1. The summed E-state index contributed by atoms with van der Waals surface area (Å²) in [5.41, 5.74) is 3.24. The molecule has 1 N–H and O–H groups in total. The van der Waals surface area contributed by atoms with Gasteiger partial charge in [-0.05, 0) is 55.5 Å². The molecule has 1 aliphatic rings. The van der Waals surface area contributed by atoms with Crippen LogP contribution < -0.4 is 9.64 Å². The van der Waals surface area contributed by atoms with E-state index >= 15 is 0 Å². The molecule has 2 aromatic carbocycles. The highest BCUT2D eigenvalue weighted by atomic mass is 32.1. The van der Waals surface area contributed by atoms with Crippen molar-refractivity contribution in [3.05, 3.63) is 53.3 Å². The molecule has 1 fully saturated rings. The second-order valence-electron chi connectivity index (χ2n) is 7.67. The number of piperidine rings is 1. The number of likely N-dealkylation sites (tertiary alicyclic amines) is 1. The third kappa shape index (κ3) is 4.00. The molecule has 1 aliphatic heterocycles. The number of para-hydroxylation sites is 2. The number of ether oxygens (including phenoxy) is 2. The van der Waals surface area contributed by atoms with E-state index in [-0.39, 0.29) is 11.9 Å². The second-order valence-corrected chi connectivity index (χ2v) is 8.03. The van der Waals surface area contributed by atoms with E-state index in [1.165, 1.54) is 12.0 Å². The number of hydrogen-bond donors (Lipinski definition) is 1. The van der Waals surface area contributed by atoms with Crippen molar-refractivity contribution >= 4 is 29.2 Å². The number of quaternary nitrogens is 1. The van der Waals surface area contributed by atoms with E-state index in [2.05, 4.69) is 27.3 Å². The third-order valence-electron chi connectivity index (χ3n) is 5.85. The molecule has 7 heteroatoms. The Morgan fingerprint density at radius 2 is 1.77 bits per heavy atom. The average molecular weight is 427 g/mol. The number of methoxy groups -OCH3 is 1. The number of hydrogen-bond acceptors (Lipinski definition) is 4. The van der Waals surface area contributed by atoms with Crippen molar-refractivity contribution in [1.82, 2.24) is 9.13 Å². The van der Waals surface area contributed by atoms with Crippen molar-refractivity contribution < 1.29 is 19.2 Å². The molecule has 2 heterocycles. The first-order valence-corrected chi connectivity index (χ1v) is 10.9. The van der Waals surface area contributed by atoms with Crippen LogP contribution in [0.2, 0.25) is 0 Å². The van der Waals surface area contributed by atoms with Gasteiger partial charge in [-0.1, -0.05) is 12.1 Å². The Hall–Kier alpha value is -2.64. The minimum absolute atomic E-state index is 0.0249. The molecule has 1 aromatic heterocycles. The lowest BCUT2D eigenvalue weighted by atomic mass is 9.97. The molecular formula is C23H28N3O3S+. The van der Waals surface area contributed by atoms with E-state index in [1.807, 2.05) is 37.3 Å². The smallest absolute Gasteiger partial charge is 0.309 e. The van der Waals surface area contributed by atoms with Crippen molar-refractivity contribution in [2.45, 2.75) is 26.4 Å². The van der Waals surface area contributed by atoms with Gasteiger partial charge in [0, 0.05) is 18.5 Å². The molecule has 0 atom stereocenters. The Labute approximate surface area is 181 Å². The molecule has 0 saturated carbocycles. The zero-order chi connectivity index (χ0) is 21.1. The molecular weight excluding hydrogens is 398 g/mol. The van der Waals surface area contributed by atoms with E-state index in [0.717, 1.165) is 59.8 Å². The molecule has 6 nitrogen and oxygen atoms in total. The summed E-state index contributed by atoms with van der Waals surface area (Å²) in [7, 11) is 1.47. The van der Waals surface area contributed by atoms with Crippen LogP contribution in [0, 0.1) is 10.7 Å². The van der Waals surface area contributed by atoms with Crippen LogP contribution in [0.1, 0.15) is 19.8 Å². The summed E-state index contributed by atoms with van der Waals surface area (Å²) >= 11 is 5.92. The zero-order valence-electron chi connectivity index (χ0n) is 17.5. The van der Waals surface area contributed by atoms with Crippen molar-refractivity contribution in [2.75, 3.05) is 26.8 Å². The fraction of sp³-hybridized carbons (Fsp3) is 0.391. The normalized spacial score (nSPS) is 19.0. The van der Waals surface area contributed by atoms with E-state index in [4.69, 9.17) is 21.7 Å². The summed E-state index contributed by atoms with van der Waals surface area (Å²) in [4.78, 5) is 13.3. The van der Waals surface area contributed by atoms with Crippen LogP contribution in [0.5, 0.6) is 5.75 Å². The first kappa shape index (κ1) is 20.6. The highest BCUT2D eigenvalue weighted by Gasteiger charge is 2.28. The van der Waals surface area contributed by atoms with E-state index in [1.54, 1.807) is 0 Å². The third-order valence-corrected chi connectivity index (χ3v) is 6.25. The maximum atomic E-state index is 11.8. The van der Waals surface area contributed by atoms with Crippen molar-refractivity contribution in [3.63, 3.8) is 0 Å². The number of nitrogens with zero attached hydrogens (tertiary/aromatic N) is 2. The number of esters is 1. The van der Waals surface area contributed by atoms with Gasteiger partial charge in [-0.15, -0.1) is 0 Å². The SMILES string of the molecule is CCOc1ccc(-n2c(=S)n(C[NH+]3CCC(C(=O)OC)CC3)c3ccccc32)cc1. The van der Waals surface area contributed by atoms with Crippen LogP contribution in [0.25, 0.3) is 16.7 Å². The predicted octanol–water partition coefficient (Wildman–Crippen LogP) is 2.99. The van der Waals surface area contributed by atoms with Gasteiger partial charge in [-0.3, -0.25) is 13.9 Å². The molecule has 0 aliphatic carbocycles. The minimum atomic E-state index is -0.0854. The number of fused-ring (bicyclic) bond motifs is 1. The van der Waals surface area contributed by atoms with Gasteiger partial charge in [0.1, 0.15) is 5.75 Å². The van der Waals surface area contributed by atoms with Crippen LogP contribution in [0.3, 0.4) is 0 Å². The summed E-state index contributed by atoms with van der Waals surface area (Å²) in [5.74, 6) is 0.795. The van der Waals surface area contributed by atoms with Crippen LogP contribution in [0.4, 0.5) is 0 Å². The summed E-state index contributed by atoms with van der Waals surface area (Å²) in [6.45, 7) is 5.28. The lowest BCUT2D eigenvalue weighted by Gasteiger charge is -2.28. The van der Waals surface area contributed by atoms with Gasteiger partial charge in [0.15, 0.2) is 11.4 Å². The Balaban J connectivity index is 1.63. The molecule has 0 spiro atoms. The summed E-state index contributed by atoms with van der Waals surface area (Å²) in [6.07, 6.45) is 1.71. The van der Waals surface area contributed by atoms with Crippen molar-refractivity contribution in [3.8, 4) is 11.4 Å². The van der Waals surface area contributed by atoms with Crippen LogP contribution >= 0.6 is 12.2 Å². The number of aromatic nitrogens is 2. The quantitative estimate of drug-likeness (QED) is 0.486. The molecule has 0 bridgehead atoms. The maximum absolute atomic E-state index is 11.8. The summed E-state index contributed by atoms with van der Waals surface area (Å²) in [5, 5.41) is 0. The predicted molar refractivity (Wildman–Crippen MR) is 119 cm³/mol. The lowest BCUT2D eigenvalue weighted by molar-refractivity contribution is -0.928. The molecule has 0 radical (unpaired) electrons. The molecule has 0 amide bonds. The first-order chi connectivity index (χ1) is 14.6. The minimum Gasteiger partial charge on any atom is -0.494 e. The Bertz CT molecular complexity index is 1080. The van der Waals surface area contributed by atoms with Crippen molar-refractivity contribution in [2.24, 2.45) is 5.92 Å². The summed E-state index contributed by atoms with van der Waals surface area (Å²) < 4.78 is 15.6. The number of benzene rings is 2. The van der Waals surface area contributed by atoms with Crippen LogP contribution in [-0.4, -0.2) is 41.9 Å². The van der Waals surface area contributed by atoms with Gasteiger partial charge in [-0.25, -0.2) is 0 Å². The number of carbonyl (C=O) groups is 1. The average Bonchev–Trinajstić information content (AvgIpc) is 3.06. The standard InChI is InChI=1S/C23H27N3O3S/c1-3-29-19-10-8-18(9-11-19)26-21-7-5-4-6-20(21)25(23(26)30)16-24-14-12-17(13-15-24)22(27)28-2/h4-11,17H,3,12-16H2,1-2H3/p+1. The highest BCUT2D eigenvalue weighted by molar-refractivity contribution is 7.71. The van der Waals surface area contributed by atoms with Gasteiger partial charge < -0.3 is 14.4 Å². The van der Waals surface area contributed by atoms with Gasteiger partial charge >= 0.3 is 5.97 Å². The molecule has 1 saturated heterocycles. The largest absolute Gasteiger partial charge is 0.494 e. The summed E-state index contributed by atoms with van der Waals surface area (Å²) in [6, 6.07) is 16.4. The number of carbonyl (C=O) groups excluding carboxylic acids is 1. The molecule has 4 rings (SSSR count). The first-order valence-electron chi connectivity index (χ1n) is 10.5. The van der Waals surface area contributed by atoms with Gasteiger partial charge in [0.2, 0.25) is 0 Å². The zero-order valence-corrected chi connectivity index (χ0v) is 18.3. The van der Waals surface area contributed by atoms with Gasteiger partial charge in [-0.2, -0.15) is 0 Å². The highest BCUT2D eigenvalue weighted by Crippen LogP contribution is 2.24. The fourth-order valence-electron chi connectivity index (χ4n) is 4.28. The molecule has 3 aromatic rings. The monoisotopic (exact) mass is 426 g/mol. The number of rotatable bonds is 6. The van der Waals surface area contributed by atoms with E-state index in [0.29, 0.717) is 6.61 Å². The Morgan fingerprint density at radius 3 is 2.40 bits per heavy atom. The fourth-order valence-corrected chi connectivity index (χ4v) is 4.65. The topological polar surface area (TPSA) is 49.8 Å². The lowest BCUT2D eigenvalue weighted by Crippen LogP contribution is -3.12. The molecule has 158 valence electrons. The second kappa shape index (κ2) is 9.02. The van der Waals surface area contributed by atoms with Gasteiger partial charge in [0.25, 0.3) is 0 Å². The molecule has 0 unspecified atom stereocenters. The molecule has 30 heavy (non-hydrogen) atoms. The maximum Gasteiger partial charge on any atom is 0.309 e. The Kier molecular flexibility index (Phi) is 6.20. The van der Waals surface area contributed by atoms with E-state index < -0.39 is 0 Å². The Morgan fingerprint density at radius 1 is 1.10 bits per heavy atom. The van der Waals surface area contributed by atoms with Crippen LogP contribution in [-0.2, 0) is 16.2 Å². The number of imidazole rings is 1.